The summed E-state index contributed by atoms with van der Waals surface area (Å²) in [6.07, 6.45) is 7.89. The second kappa shape index (κ2) is 4.29. The number of nitrogens with one attached hydrogen (secondary N) is 1. The fourth-order valence-electron chi connectivity index (χ4n) is 1.58. The standard InChI is InChI=1S/C12H14N2O/c13-10-6-8-12(9-7-10)14(15)11-4-2-1-3-5-11/h2,4-9,14H,1,3,13H2. The Bertz CT molecular complexity index is 393. The van der Waals surface area contributed by atoms with Gasteiger partial charge in [-0.25, -0.2) is 0 Å². The SMILES string of the molecule is Nc1ccc([NH+]([O-])C2=CCCC=C2)cc1. The first-order chi connectivity index (χ1) is 7.27. The summed E-state index contributed by atoms with van der Waals surface area (Å²) in [6.45, 7) is 0. The lowest BCUT2D eigenvalue weighted by atomic mass is 10.1. The quantitative estimate of drug-likeness (QED) is 0.564. The molecule has 1 aliphatic carbocycles. The molecule has 0 saturated carbocycles. The van der Waals surface area contributed by atoms with Crippen LogP contribution >= 0.6 is 0 Å². The van der Waals surface area contributed by atoms with Crippen molar-refractivity contribution in [1.82, 2.24) is 0 Å². The lowest BCUT2D eigenvalue weighted by Gasteiger charge is -2.23. The van der Waals surface area contributed by atoms with Crippen molar-refractivity contribution in [3.8, 4) is 0 Å². The van der Waals surface area contributed by atoms with Gasteiger partial charge in [0.25, 0.3) is 0 Å². The smallest absolute Gasteiger partial charge is 0.136 e. The molecular weight excluding hydrogens is 188 g/mol. The molecule has 1 atom stereocenters. The monoisotopic (exact) mass is 202 g/mol. The molecule has 0 fully saturated rings. The molecule has 1 aromatic rings. The summed E-state index contributed by atoms with van der Waals surface area (Å²) < 4.78 is 0. The summed E-state index contributed by atoms with van der Waals surface area (Å²) in [5.74, 6) is 0. The minimum Gasteiger partial charge on any atom is -0.623 e. The van der Waals surface area contributed by atoms with Crippen molar-refractivity contribution in [2.75, 3.05) is 5.73 Å². The van der Waals surface area contributed by atoms with Crippen LogP contribution in [0.25, 0.3) is 0 Å². The van der Waals surface area contributed by atoms with Gasteiger partial charge in [0, 0.05) is 17.8 Å². The molecular formula is C12H14N2O. The molecule has 3 N–H and O–H groups in total. The van der Waals surface area contributed by atoms with Crippen molar-refractivity contribution < 1.29 is 5.06 Å². The van der Waals surface area contributed by atoms with Gasteiger partial charge in [0.1, 0.15) is 11.4 Å². The predicted octanol–water partition coefficient (Wildman–Crippen LogP) is 1.52. The van der Waals surface area contributed by atoms with E-state index in [1.807, 2.05) is 18.2 Å². The zero-order valence-corrected chi connectivity index (χ0v) is 8.44. The first-order valence-corrected chi connectivity index (χ1v) is 5.04. The molecule has 0 radical (unpaired) electrons. The normalized spacial score (nSPS) is 17.3. The van der Waals surface area contributed by atoms with E-state index in [4.69, 9.17) is 5.73 Å². The lowest BCUT2D eigenvalue weighted by molar-refractivity contribution is -0.727. The molecule has 1 aromatic carbocycles. The molecule has 0 heterocycles. The van der Waals surface area contributed by atoms with Crippen LogP contribution in [-0.2, 0) is 0 Å². The van der Waals surface area contributed by atoms with Crippen molar-refractivity contribution in [1.29, 1.82) is 0 Å². The van der Waals surface area contributed by atoms with Gasteiger partial charge in [-0.1, -0.05) is 6.08 Å². The maximum absolute atomic E-state index is 12.0. The first kappa shape index (κ1) is 9.96. The third-order valence-corrected chi connectivity index (χ3v) is 2.43. The van der Waals surface area contributed by atoms with Gasteiger partial charge >= 0.3 is 0 Å². The highest BCUT2D eigenvalue weighted by Crippen LogP contribution is 2.10. The highest BCUT2D eigenvalue weighted by atomic mass is 16.5. The highest BCUT2D eigenvalue weighted by Gasteiger charge is 2.08. The molecule has 0 amide bonds. The van der Waals surface area contributed by atoms with Crippen LogP contribution in [0.5, 0.6) is 0 Å². The van der Waals surface area contributed by atoms with Crippen LogP contribution in [0.3, 0.4) is 0 Å². The zero-order chi connectivity index (χ0) is 10.7. The number of hydroxylamine groups is 1. The van der Waals surface area contributed by atoms with Crippen LogP contribution in [-0.4, -0.2) is 0 Å². The van der Waals surface area contributed by atoms with Gasteiger partial charge in [-0.3, -0.25) is 0 Å². The Kier molecular flexibility index (Phi) is 2.85. The van der Waals surface area contributed by atoms with Gasteiger partial charge in [-0.15, -0.1) is 0 Å². The van der Waals surface area contributed by atoms with E-state index in [-0.39, 0.29) is 5.06 Å². The van der Waals surface area contributed by atoms with Crippen molar-refractivity contribution in [2.45, 2.75) is 12.8 Å². The third kappa shape index (κ3) is 2.26. The fourth-order valence-corrected chi connectivity index (χ4v) is 1.58. The van der Waals surface area contributed by atoms with Crippen molar-refractivity contribution in [3.05, 3.63) is 53.4 Å². The Morgan fingerprint density at radius 1 is 1.13 bits per heavy atom. The van der Waals surface area contributed by atoms with E-state index < -0.39 is 0 Å². The third-order valence-electron chi connectivity index (χ3n) is 2.43. The summed E-state index contributed by atoms with van der Waals surface area (Å²) in [6, 6.07) is 7.03. The van der Waals surface area contributed by atoms with Gasteiger partial charge in [0.05, 0.1) is 0 Å². The number of rotatable bonds is 2. The van der Waals surface area contributed by atoms with E-state index in [0.717, 1.165) is 18.5 Å². The van der Waals surface area contributed by atoms with Crippen LogP contribution in [0, 0.1) is 5.21 Å². The Labute approximate surface area is 89.1 Å². The number of nitrogen functional groups attached to an aromatic ring is 1. The van der Waals surface area contributed by atoms with E-state index in [1.165, 1.54) is 0 Å². The van der Waals surface area contributed by atoms with Gasteiger partial charge in [0.2, 0.25) is 0 Å². The number of allylic oxidation sites excluding steroid dienone is 3. The summed E-state index contributed by atoms with van der Waals surface area (Å²) in [5, 5.41) is 12.0. The lowest BCUT2D eigenvalue weighted by Crippen LogP contribution is -2.99. The van der Waals surface area contributed by atoms with E-state index in [0.29, 0.717) is 11.4 Å². The van der Waals surface area contributed by atoms with E-state index in [9.17, 15) is 5.21 Å². The van der Waals surface area contributed by atoms with E-state index >= 15 is 0 Å². The molecule has 0 bridgehead atoms. The average molecular weight is 202 g/mol. The summed E-state index contributed by atoms with van der Waals surface area (Å²) in [7, 11) is 0. The second-order valence-electron chi connectivity index (χ2n) is 3.59. The van der Waals surface area contributed by atoms with Crippen molar-refractivity contribution >= 4 is 11.4 Å². The van der Waals surface area contributed by atoms with Gasteiger partial charge in [-0.2, -0.15) is 0 Å². The molecule has 15 heavy (non-hydrogen) atoms. The molecule has 3 nitrogen and oxygen atoms in total. The highest BCUT2D eigenvalue weighted by molar-refractivity contribution is 5.45. The Morgan fingerprint density at radius 2 is 1.87 bits per heavy atom. The Morgan fingerprint density at radius 3 is 2.47 bits per heavy atom. The van der Waals surface area contributed by atoms with Crippen LogP contribution < -0.4 is 10.8 Å². The largest absolute Gasteiger partial charge is 0.623 e. The number of anilines is 1. The second-order valence-corrected chi connectivity index (χ2v) is 3.59. The minimum absolute atomic E-state index is 0.0750. The summed E-state index contributed by atoms with van der Waals surface area (Å²) >= 11 is 0. The molecule has 2 rings (SSSR count). The first-order valence-electron chi connectivity index (χ1n) is 5.04. The number of hydrogen-bond acceptors (Lipinski definition) is 2. The molecule has 1 unspecified atom stereocenters. The molecule has 0 saturated heterocycles. The topological polar surface area (TPSA) is 53.5 Å². The molecule has 78 valence electrons. The summed E-state index contributed by atoms with van der Waals surface area (Å²) in [5.41, 5.74) is 7.73. The molecule has 1 aliphatic rings. The van der Waals surface area contributed by atoms with Crippen molar-refractivity contribution in [2.24, 2.45) is 0 Å². The number of quaternary nitrogens is 1. The van der Waals surface area contributed by atoms with Crippen LogP contribution in [0.4, 0.5) is 11.4 Å². The average Bonchev–Trinajstić information content (AvgIpc) is 2.30. The predicted molar refractivity (Wildman–Crippen MR) is 61.3 cm³/mol. The fraction of sp³-hybridized carbons (Fsp3) is 0.167. The number of hydrogen-bond donors (Lipinski definition) is 2. The van der Waals surface area contributed by atoms with Gasteiger partial charge in [-0.05, 0) is 37.1 Å². The Hall–Kier alpha value is -1.58. The maximum atomic E-state index is 12.0. The summed E-state index contributed by atoms with van der Waals surface area (Å²) in [4.78, 5) is 0. The minimum atomic E-state index is 0.0750. The van der Waals surface area contributed by atoms with E-state index in [2.05, 4.69) is 0 Å². The van der Waals surface area contributed by atoms with Gasteiger partial charge < -0.3 is 16.0 Å². The molecule has 0 aliphatic heterocycles. The van der Waals surface area contributed by atoms with Gasteiger partial charge in [0.15, 0.2) is 0 Å². The zero-order valence-electron chi connectivity index (χ0n) is 8.44. The molecule has 3 heteroatoms. The van der Waals surface area contributed by atoms with E-state index in [1.54, 1.807) is 24.3 Å². The van der Waals surface area contributed by atoms with Crippen LogP contribution in [0.2, 0.25) is 0 Å². The number of nitrogens with two attached hydrogens (primary N) is 1. The molecule has 0 spiro atoms. The Balaban J connectivity index is 2.20. The van der Waals surface area contributed by atoms with Crippen molar-refractivity contribution in [3.63, 3.8) is 0 Å². The molecule has 0 aromatic heterocycles. The maximum Gasteiger partial charge on any atom is 0.136 e. The number of benzene rings is 1. The van der Waals surface area contributed by atoms with Crippen LogP contribution in [0.1, 0.15) is 12.8 Å². The van der Waals surface area contributed by atoms with Crippen LogP contribution in [0.15, 0.2) is 48.2 Å².